The van der Waals surface area contributed by atoms with Gasteiger partial charge in [-0.1, -0.05) is 5.21 Å². The SMILES string of the molecule is COCc1c(C(=O)N2CCOCC2)nnn1-c1ccc(OC)cc1. The van der Waals surface area contributed by atoms with Crippen LogP contribution in [0.2, 0.25) is 0 Å². The smallest absolute Gasteiger partial charge is 0.276 e. The molecule has 0 unspecified atom stereocenters. The number of benzene rings is 1. The minimum absolute atomic E-state index is 0.148. The van der Waals surface area contributed by atoms with Gasteiger partial charge in [-0.25, -0.2) is 4.68 Å². The van der Waals surface area contributed by atoms with E-state index in [0.29, 0.717) is 37.7 Å². The van der Waals surface area contributed by atoms with Gasteiger partial charge in [0.05, 0.1) is 32.6 Å². The molecule has 0 atom stereocenters. The molecule has 0 saturated carbocycles. The Morgan fingerprint density at radius 1 is 1.21 bits per heavy atom. The summed E-state index contributed by atoms with van der Waals surface area (Å²) < 4.78 is 17.3. The highest BCUT2D eigenvalue weighted by molar-refractivity contribution is 5.93. The molecule has 2 heterocycles. The van der Waals surface area contributed by atoms with E-state index in [4.69, 9.17) is 14.2 Å². The minimum atomic E-state index is -0.148. The van der Waals surface area contributed by atoms with Crippen LogP contribution in [0.25, 0.3) is 5.69 Å². The molecule has 8 nitrogen and oxygen atoms in total. The lowest BCUT2D eigenvalue weighted by Gasteiger charge is -2.26. The molecule has 128 valence electrons. The Hall–Kier alpha value is -2.45. The fourth-order valence-corrected chi connectivity index (χ4v) is 2.58. The monoisotopic (exact) mass is 332 g/mol. The van der Waals surface area contributed by atoms with Gasteiger partial charge < -0.3 is 19.1 Å². The molecular weight excluding hydrogens is 312 g/mol. The van der Waals surface area contributed by atoms with E-state index >= 15 is 0 Å². The third-order valence-corrected chi connectivity index (χ3v) is 3.86. The van der Waals surface area contributed by atoms with E-state index in [-0.39, 0.29) is 12.5 Å². The van der Waals surface area contributed by atoms with Gasteiger partial charge >= 0.3 is 0 Å². The molecule has 1 aromatic heterocycles. The molecule has 0 aliphatic carbocycles. The van der Waals surface area contributed by atoms with Crippen molar-refractivity contribution in [1.29, 1.82) is 0 Å². The fourth-order valence-electron chi connectivity index (χ4n) is 2.58. The normalized spacial score (nSPS) is 14.7. The second kappa shape index (κ2) is 7.41. The molecule has 1 aliphatic rings. The second-order valence-corrected chi connectivity index (χ2v) is 5.33. The first kappa shape index (κ1) is 16.4. The molecule has 0 N–H and O–H groups in total. The van der Waals surface area contributed by atoms with Gasteiger partial charge in [-0.15, -0.1) is 5.10 Å². The maximum Gasteiger partial charge on any atom is 0.276 e. The van der Waals surface area contributed by atoms with Crippen LogP contribution in [0, 0.1) is 0 Å². The van der Waals surface area contributed by atoms with Crippen molar-refractivity contribution in [3.05, 3.63) is 35.7 Å². The number of aromatic nitrogens is 3. The van der Waals surface area contributed by atoms with Crippen molar-refractivity contribution in [3.8, 4) is 11.4 Å². The van der Waals surface area contributed by atoms with Crippen molar-refractivity contribution in [2.75, 3.05) is 40.5 Å². The molecule has 1 aliphatic heterocycles. The van der Waals surface area contributed by atoms with Crippen LogP contribution in [0.15, 0.2) is 24.3 Å². The lowest BCUT2D eigenvalue weighted by atomic mass is 10.2. The van der Waals surface area contributed by atoms with Crippen molar-refractivity contribution in [1.82, 2.24) is 19.9 Å². The number of methoxy groups -OCH3 is 2. The van der Waals surface area contributed by atoms with E-state index in [1.807, 2.05) is 24.3 Å². The number of hydrogen-bond donors (Lipinski definition) is 0. The number of ether oxygens (including phenoxy) is 3. The summed E-state index contributed by atoms with van der Waals surface area (Å²) in [6.45, 7) is 2.43. The number of nitrogens with zero attached hydrogens (tertiary/aromatic N) is 4. The molecule has 8 heteroatoms. The van der Waals surface area contributed by atoms with Crippen molar-refractivity contribution in [2.24, 2.45) is 0 Å². The summed E-state index contributed by atoms with van der Waals surface area (Å²) in [6.07, 6.45) is 0. The number of rotatable bonds is 5. The van der Waals surface area contributed by atoms with Gasteiger partial charge in [-0.3, -0.25) is 4.79 Å². The van der Waals surface area contributed by atoms with Gasteiger partial charge in [0.25, 0.3) is 5.91 Å². The summed E-state index contributed by atoms with van der Waals surface area (Å²) in [5, 5.41) is 8.24. The Balaban J connectivity index is 1.92. The molecule has 24 heavy (non-hydrogen) atoms. The van der Waals surface area contributed by atoms with Crippen molar-refractivity contribution in [3.63, 3.8) is 0 Å². The fraction of sp³-hybridized carbons (Fsp3) is 0.438. The van der Waals surface area contributed by atoms with Crippen molar-refractivity contribution in [2.45, 2.75) is 6.61 Å². The molecule has 0 spiro atoms. The zero-order valence-electron chi connectivity index (χ0n) is 13.8. The Morgan fingerprint density at radius 3 is 2.54 bits per heavy atom. The topological polar surface area (TPSA) is 78.7 Å². The molecule has 0 bridgehead atoms. The molecule has 1 aromatic carbocycles. The lowest BCUT2D eigenvalue weighted by molar-refractivity contribution is 0.0296. The third-order valence-electron chi connectivity index (χ3n) is 3.86. The maximum absolute atomic E-state index is 12.7. The lowest BCUT2D eigenvalue weighted by Crippen LogP contribution is -2.41. The Bertz CT molecular complexity index is 693. The van der Waals surface area contributed by atoms with Crippen LogP contribution in [0.3, 0.4) is 0 Å². The summed E-state index contributed by atoms with van der Waals surface area (Å²) in [5.41, 5.74) is 1.73. The Kier molecular flexibility index (Phi) is 5.07. The number of hydrogen-bond acceptors (Lipinski definition) is 6. The first-order valence-corrected chi connectivity index (χ1v) is 7.69. The number of morpholine rings is 1. The van der Waals surface area contributed by atoms with Crippen LogP contribution in [0.1, 0.15) is 16.2 Å². The average Bonchev–Trinajstić information content (AvgIpc) is 3.06. The Labute approximate surface area is 139 Å². The van der Waals surface area contributed by atoms with E-state index in [1.165, 1.54) is 0 Å². The van der Waals surface area contributed by atoms with Gasteiger partial charge in [0.15, 0.2) is 5.69 Å². The van der Waals surface area contributed by atoms with E-state index in [2.05, 4.69) is 10.3 Å². The van der Waals surface area contributed by atoms with E-state index in [0.717, 1.165) is 11.4 Å². The standard InChI is InChI=1S/C16H20N4O4/c1-22-11-14-15(16(21)19-7-9-24-10-8-19)17-18-20(14)12-3-5-13(23-2)6-4-12/h3-6H,7-11H2,1-2H3. The summed E-state index contributed by atoms with van der Waals surface area (Å²) in [6, 6.07) is 7.37. The Morgan fingerprint density at radius 2 is 1.92 bits per heavy atom. The van der Waals surface area contributed by atoms with Crippen LogP contribution < -0.4 is 4.74 Å². The summed E-state index contributed by atoms with van der Waals surface area (Å²) in [5.74, 6) is 0.599. The van der Waals surface area contributed by atoms with Gasteiger partial charge in [-0.2, -0.15) is 0 Å². The molecule has 1 fully saturated rings. The van der Waals surface area contributed by atoms with Crippen LogP contribution in [-0.2, 0) is 16.1 Å². The number of carbonyl (C=O) groups is 1. The van der Waals surface area contributed by atoms with Gasteiger partial charge in [0.2, 0.25) is 0 Å². The molecule has 1 saturated heterocycles. The highest BCUT2D eigenvalue weighted by Crippen LogP contribution is 2.19. The molecule has 0 radical (unpaired) electrons. The predicted molar refractivity (Wildman–Crippen MR) is 85.3 cm³/mol. The van der Waals surface area contributed by atoms with Crippen LogP contribution >= 0.6 is 0 Å². The quantitative estimate of drug-likeness (QED) is 0.809. The van der Waals surface area contributed by atoms with Crippen molar-refractivity contribution >= 4 is 5.91 Å². The summed E-state index contributed by atoms with van der Waals surface area (Å²) in [7, 11) is 3.19. The first-order chi connectivity index (χ1) is 11.7. The highest BCUT2D eigenvalue weighted by atomic mass is 16.5. The van der Waals surface area contributed by atoms with Crippen LogP contribution in [-0.4, -0.2) is 66.3 Å². The largest absolute Gasteiger partial charge is 0.497 e. The van der Waals surface area contributed by atoms with Gasteiger partial charge in [-0.05, 0) is 24.3 Å². The zero-order valence-corrected chi connectivity index (χ0v) is 13.8. The predicted octanol–water partition coefficient (Wildman–Crippen LogP) is 0.895. The average molecular weight is 332 g/mol. The number of carbonyl (C=O) groups excluding carboxylic acids is 1. The van der Waals surface area contributed by atoms with E-state index in [9.17, 15) is 4.79 Å². The van der Waals surface area contributed by atoms with E-state index in [1.54, 1.807) is 23.8 Å². The molecule has 2 aromatic rings. The van der Waals surface area contributed by atoms with Gasteiger partial charge in [0.1, 0.15) is 11.4 Å². The van der Waals surface area contributed by atoms with Gasteiger partial charge in [0, 0.05) is 20.2 Å². The highest BCUT2D eigenvalue weighted by Gasteiger charge is 2.26. The zero-order chi connectivity index (χ0) is 16.9. The van der Waals surface area contributed by atoms with Crippen LogP contribution in [0.4, 0.5) is 0 Å². The third kappa shape index (κ3) is 3.24. The summed E-state index contributed by atoms with van der Waals surface area (Å²) >= 11 is 0. The summed E-state index contributed by atoms with van der Waals surface area (Å²) in [4.78, 5) is 14.4. The molecular formula is C16H20N4O4. The van der Waals surface area contributed by atoms with Crippen molar-refractivity contribution < 1.29 is 19.0 Å². The number of amides is 1. The maximum atomic E-state index is 12.7. The van der Waals surface area contributed by atoms with Crippen LogP contribution in [0.5, 0.6) is 5.75 Å². The second-order valence-electron chi connectivity index (χ2n) is 5.33. The molecule has 1 amide bonds. The molecule has 3 rings (SSSR count). The first-order valence-electron chi connectivity index (χ1n) is 7.69. The van der Waals surface area contributed by atoms with E-state index < -0.39 is 0 Å². The minimum Gasteiger partial charge on any atom is -0.497 e.